The highest BCUT2D eigenvalue weighted by molar-refractivity contribution is 5.62. The van der Waals surface area contributed by atoms with Gasteiger partial charge in [0.25, 0.3) is 0 Å². The number of nitrogens with one attached hydrogen (secondary N) is 1. The predicted octanol–water partition coefficient (Wildman–Crippen LogP) is 2.32. The summed E-state index contributed by atoms with van der Waals surface area (Å²) in [6.45, 7) is 8.06. The lowest BCUT2D eigenvalue weighted by Gasteiger charge is -2.22. The summed E-state index contributed by atoms with van der Waals surface area (Å²) in [7, 11) is 0. The van der Waals surface area contributed by atoms with Crippen molar-refractivity contribution in [2.24, 2.45) is 0 Å². The number of hydrogen-bond acceptors (Lipinski definition) is 3. The number of fused-ring (bicyclic) bond motifs is 1. The van der Waals surface area contributed by atoms with Gasteiger partial charge in [0.2, 0.25) is 5.88 Å². The summed E-state index contributed by atoms with van der Waals surface area (Å²) in [5.41, 5.74) is 3.63. The maximum atomic E-state index is 5.47. The van der Waals surface area contributed by atoms with Gasteiger partial charge in [0.05, 0.1) is 0 Å². The molecule has 3 heteroatoms. The van der Waals surface area contributed by atoms with Crippen molar-refractivity contribution in [1.82, 2.24) is 4.98 Å². The number of aromatic nitrogens is 1. The first-order valence-corrected chi connectivity index (χ1v) is 5.06. The number of hydrogen-bond donors (Lipinski definition) is 1. The van der Waals surface area contributed by atoms with E-state index in [0.717, 1.165) is 18.1 Å². The lowest BCUT2D eigenvalue weighted by molar-refractivity contribution is 0.310. The van der Waals surface area contributed by atoms with Crippen LogP contribution in [-0.2, 0) is 0 Å². The molecule has 3 nitrogen and oxygen atoms in total. The van der Waals surface area contributed by atoms with Gasteiger partial charge in [0.15, 0.2) is 0 Å². The van der Waals surface area contributed by atoms with Crippen LogP contribution in [0.5, 0.6) is 5.88 Å². The minimum atomic E-state index is 0.511. The molecule has 1 aliphatic rings. The van der Waals surface area contributed by atoms with E-state index in [9.17, 15) is 0 Å². The van der Waals surface area contributed by atoms with Gasteiger partial charge < -0.3 is 10.1 Å². The zero-order valence-electron chi connectivity index (χ0n) is 8.92. The van der Waals surface area contributed by atoms with E-state index < -0.39 is 0 Å². The highest BCUT2D eigenvalue weighted by Gasteiger charge is 2.16. The number of pyridine rings is 1. The lowest BCUT2D eigenvalue weighted by Crippen LogP contribution is -2.20. The third kappa shape index (κ3) is 1.43. The highest BCUT2D eigenvalue weighted by Crippen LogP contribution is 2.32. The van der Waals surface area contributed by atoms with Crippen LogP contribution in [0.25, 0.3) is 0 Å². The molecule has 1 N–H and O–H groups in total. The summed E-state index contributed by atoms with van der Waals surface area (Å²) in [5, 5.41) is 3.34. The van der Waals surface area contributed by atoms with Crippen molar-refractivity contribution in [2.45, 2.75) is 26.7 Å². The fourth-order valence-electron chi connectivity index (χ4n) is 1.82. The molecule has 2 heterocycles. The Kier molecular flexibility index (Phi) is 2.32. The molecule has 1 aromatic heterocycles. The molecule has 0 saturated heterocycles. The van der Waals surface area contributed by atoms with E-state index in [1.54, 1.807) is 0 Å². The van der Waals surface area contributed by atoms with Gasteiger partial charge in [0.1, 0.15) is 12.3 Å². The van der Waals surface area contributed by atoms with Gasteiger partial charge in [-0.3, -0.25) is 0 Å². The molecule has 14 heavy (non-hydrogen) atoms. The van der Waals surface area contributed by atoms with E-state index >= 15 is 0 Å². The largest absolute Gasteiger partial charge is 0.474 e. The maximum absolute atomic E-state index is 5.47. The van der Waals surface area contributed by atoms with E-state index in [0.29, 0.717) is 12.5 Å². The second kappa shape index (κ2) is 3.48. The molecule has 0 saturated carbocycles. The van der Waals surface area contributed by atoms with Gasteiger partial charge in [0, 0.05) is 12.7 Å². The van der Waals surface area contributed by atoms with Crippen LogP contribution in [0.3, 0.4) is 0 Å². The second-order valence-electron chi connectivity index (χ2n) is 3.95. The molecule has 0 atom stereocenters. The number of ether oxygens (including phenoxy) is 1. The summed E-state index contributed by atoms with van der Waals surface area (Å²) >= 11 is 0. The molecular formula is C11H16N2O. The van der Waals surface area contributed by atoms with Crippen LogP contribution in [-0.4, -0.2) is 18.1 Å². The van der Waals surface area contributed by atoms with E-state index in [1.807, 2.05) is 6.20 Å². The van der Waals surface area contributed by atoms with Crippen molar-refractivity contribution < 1.29 is 4.74 Å². The van der Waals surface area contributed by atoms with Crippen molar-refractivity contribution in [3.63, 3.8) is 0 Å². The first-order valence-electron chi connectivity index (χ1n) is 5.06. The highest BCUT2D eigenvalue weighted by atomic mass is 16.5. The topological polar surface area (TPSA) is 34.2 Å². The zero-order valence-corrected chi connectivity index (χ0v) is 8.92. The average Bonchev–Trinajstić information content (AvgIpc) is 2.18. The van der Waals surface area contributed by atoms with E-state index in [2.05, 4.69) is 31.1 Å². The third-order valence-corrected chi connectivity index (χ3v) is 2.61. The van der Waals surface area contributed by atoms with Gasteiger partial charge in [-0.2, -0.15) is 0 Å². The van der Waals surface area contributed by atoms with Crippen LogP contribution < -0.4 is 10.1 Å². The Morgan fingerprint density at radius 3 is 3.00 bits per heavy atom. The number of rotatable bonds is 1. The molecule has 0 radical (unpaired) electrons. The van der Waals surface area contributed by atoms with Crippen molar-refractivity contribution in [3.8, 4) is 5.88 Å². The van der Waals surface area contributed by atoms with E-state index in [4.69, 9.17) is 4.74 Å². The Labute approximate surface area is 84.5 Å². The maximum Gasteiger partial charge on any atom is 0.237 e. The molecule has 1 aromatic rings. The summed E-state index contributed by atoms with van der Waals surface area (Å²) < 4.78 is 5.47. The Bertz CT molecular complexity index is 347. The molecule has 0 spiro atoms. The number of anilines is 1. The summed E-state index contributed by atoms with van der Waals surface area (Å²) in [6, 6.07) is 0. The fourth-order valence-corrected chi connectivity index (χ4v) is 1.82. The Hall–Kier alpha value is -1.25. The van der Waals surface area contributed by atoms with Gasteiger partial charge in [-0.25, -0.2) is 4.98 Å². The molecule has 0 aromatic carbocycles. The molecule has 0 fully saturated rings. The molecule has 0 aliphatic carbocycles. The van der Waals surface area contributed by atoms with Gasteiger partial charge in [-0.1, -0.05) is 13.8 Å². The number of nitrogens with zero attached hydrogens (tertiary/aromatic N) is 1. The van der Waals surface area contributed by atoms with Crippen LogP contribution in [0.2, 0.25) is 0 Å². The average molecular weight is 192 g/mol. The monoisotopic (exact) mass is 192 g/mol. The fraction of sp³-hybridized carbons (Fsp3) is 0.545. The second-order valence-corrected chi connectivity index (χ2v) is 3.95. The van der Waals surface area contributed by atoms with E-state index in [1.165, 1.54) is 11.1 Å². The molecular weight excluding hydrogens is 176 g/mol. The van der Waals surface area contributed by atoms with Crippen LogP contribution >= 0.6 is 0 Å². The molecule has 0 amide bonds. The molecule has 2 rings (SSSR count). The smallest absolute Gasteiger partial charge is 0.237 e. The van der Waals surface area contributed by atoms with Crippen LogP contribution in [0, 0.1) is 6.92 Å². The summed E-state index contributed by atoms with van der Waals surface area (Å²) in [6.07, 6.45) is 1.92. The van der Waals surface area contributed by atoms with E-state index in [-0.39, 0.29) is 0 Å². The third-order valence-electron chi connectivity index (χ3n) is 2.61. The lowest BCUT2D eigenvalue weighted by atomic mass is 9.99. The van der Waals surface area contributed by atoms with Crippen molar-refractivity contribution in [2.75, 3.05) is 18.5 Å². The summed E-state index contributed by atoms with van der Waals surface area (Å²) in [4.78, 5) is 4.32. The first-order chi connectivity index (χ1) is 6.70. The van der Waals surface area contributed by atoms with Gasteiger partial charge in [-0.05, 0) is 24.0 Å². The predicted molar refractivity (Wildman–Crippen MR) is 57.0 cm³/mol. The van der Waals surface area contributed by atoms with Gasteiger partial charge in [-0.15, -0.1) is 0 Å². The quantitative estimate of drug-likeness (QED) is 0.741. The molecule has 0 unspecified atom stereocenters. The Morgan fingerprint density at radius 2 is 2.29 bits per heavy atom. The Balaban J connectivity index is 2.49. The van der Waals surface area contributed by atoms with Crippen molar-refractivity contribution in [3.05, 3.63) is 17.3 Å². The summed E-state index contributed by atoms with van der Waals surface area (Å²) in [5.74, 6) is 1.26. The molecule has 76 valence electrons. The molecule has 1 aliphatic heterocycles. The van der Waals surface area contributed by atoms with Crippen molar-refractivity contribution >= 4 is 5.69 Å². The molecule has 0 bridgehead atoms. The van der Waals surface area contributed by atoms with Crippen molar-refractivity contribution in [1.29, 1.82) is 0 Å². The zero-order chi connectivity index (χ0) is 10.1. The minimum Gasteiger partial charge on any atom is -0.474 e. The SMILES string of the molecule is Cc1c(C(C)C)cnc2c1NCCO2. The van der Waals surface area contributed by atoms with Crippen LogP contribution in [0.15, 0.2) is 6.20 Å². The Morgan fingerprint density at radius 1 is 1.50 bits per heavy atom. The van der Waals surface area contributed by atoms with Crippen LogP contribution in [0.4, 0.5) is 5.69 Å². The standard InChI is InChI=1S/C11H16N2O/c1-7(2)9-6-13-11-10(8(9)3)12-4-5-14-11/h6-7,12H,4-5H2,1-3H3. The normalized spacial score (nSPS) is 14.6. The van der Waals surface area contributed by atoms with Gasteiger partial charge >= 0.3 is 0 Å². The first kappa shape index (κ1) is 9.31. The van der Waals surface area contributed by atoms with Crippen LogP contribution in [0.1, 0.15) is 30.9 Å². The minimum absolute atomic E-state index is 0.511.